The van der Waals surface area contributed by atoms with E-state index in [1.165, 1.54) is 34.5 Å². The molecule has 9 heteroatoms. The van der Waals surface area contributed by atoms with Gasteiger partial charge >= 0.3 is 0 Å². The van der Waals surface area contributed by atoms with Crippen LogP contribution in [-0.2, 0) is 10.0 Å². The van der Waals surface area contributed by atoms with Crippen molar-refractivity contribution in [1.29, 1.82) is 0 Å². The number of benzene rings is 2. The number of nitrogens with zero attached hydrogens (tertiary/aromatic N) is 3. The third-order valence-electron chi connectivity index (χ3n) is 6.47. The molecule has 1 aliphatic heterocycles. The van der Waals surface area contributed by atoms with E-state index in [0.29, 0.717) is 6.04 Å². The topological polar surface area (TPSA) is 65.5 Å². The van der Waals surface area contributed by atoms with Crippen LogP contribution < -0.4 is 9.62 Å². The van der Waals surface area contributed by atoms with Gasteiger partial charge in [-0.25, -0.2) is 17.8 Å². The number of rotatable bonds is 7. The van der Waals surface area contributed by atoms with Gasteiger partial charge < -0.3 is 4.90 Å². The van der Waals surface area contributed by atoms with Gasteiger partial charge in [0.15, 0.2) is 5.82 Å². The van der Waals surface area contributed by atoms with Crippen molar-refractivity contribution in [2.75, 3.05) is 29.8 Å². The summed E-state index contributed by atoms with van der Waals surface area (Å²) in [4.78, 5) is 8.12. The van der Waals surface area contributed by atoms with Crippen LogP contribution in [-0.4, -0.2) is 44.5 Å². The Bertz CT molecular complexity index is 1180. The van der Waals surface area contributed by atoms with Gasteiger partial charge in [-0.05, 0) is 49.9 Å². The molecule has 0 spiro atoms. The molecule has 0 radical (unpaired) electrons. The van der Waals surface area contributed by atoms with Gasteiger partial charge in [-0.3, -0.25) is 9.62 Å². The summed E-state index contributed by atoms with van der Waals surface area (Å²) in [6.45, 7) is 5.96. The lowest BCUT2D eigenvalue weighted by atomic mass is 9.98. The predicted molar refractivity (Wildman–Crippen MR) is 132 cm³/mol. The molecule has 2 heterocycles. The number of piperidine rings is 1. The average molecular weight is 489 g/mol. The monoisotopic (exact) mass is 488 g/mol. The van der Waals surface area contributed by atoms with Crippen LogP contribution in [0.4, 0.5) is 15.9 Å². The number of thiazole rings is 1. The second-order valence-corrected chi connectivity index (χ2v) is 10.9. The van der Waals surface area contributed by atoms with Crippen LogP contribution >= 0.6 is 11.3 Å². The standard InChI is InChI=1S/C24H29FN4O2S2/c1-17-13-23(33(30,31)27-24-15-32-16-26-24)21(25)14-22(17)28(3)20-9-11-29(12-10-20)18(2)19-7-5-4-6-8-19/h4-8,13-16,18,20,27H,9-12H2,1-3H3. The van der Waals surface area contributed by atoms with Crippen LogP contribution in [0.25, 0.3) is 0 Å². The second-order valence-electron chi connectivity index (χ2n) is 8.51. The Morgan fingerprint density at radius 1 is 1.21 bits per heavy atom. The van der Waals surface area contributed by atoms with Gasteiger partial charge in [0.05, 0.1) is 5.51 Å². The summed E-state index contributed by atoms with van der Waals surface area (Å²) in [6, 6.07) is 13.8. The van der Waals surface area contributed by atoms with Gasteiger partial charge in [0.2, 0.25) is 0 Å². The van der Waals surface area contributed by atoms with Gasteiger partial charge in [0.25, 0.3) is 10.0 Å². The molecule has 1 aliphatic rings. The maximum absolute atomic E-state index is 15.0. The summed E-state index contributed by atoms with van der Waals surface area (Å²) in [5.41, 5.74) is 4.27. The first kappa shape index (κ1) is 23.7. The molecule has 2 aromatic carbocycles. The molecule has 1 N–H and O–H groups in total. The molecule has 1 fully saturated rings. The molecule has 0 saturated carbocycles. The molecule has 1 aromatic heterocycles. The van der Waals surface area contributed by atoms with Crippen LogP contribution in [0.3, 0.4) is 0 Å². The van der Waals surface area contributed by atoms with E-state index in [9.17, 15) is 12.8 Å². The van der Waals surface area contributed by atoms with Crippen molar-refractivity contribution in [3.05, 3.63) is 70.3 Å². The Kier molecular flexibility index (Phi) is 7.02. The molecule has 33 heavy (non-hydrogen) atoms. The Morgan fingerprint density at radius 2 is 1.91 bits per heavy atom. The van der Waals surface area contributed by atoms with Gasteiger partial charge in [0.1, 0.15) is 10.7 Å². The molecular weight excluding hydrogens is 459 g/mol. The van der Waals surface area contributed by atoms with E-state index < -0.39 is 15.8 Å². The highest BCUT2D eigenvalue weighted by molar-refractivity contribution is 7.92. The number of halogens is 1. The molecule has 0 bridgehead atoms. The normalized spacial score (nSPS) is 16.5. The van der Waals surface area contributed by atoms with Crippen molar-refractivity contribution in [3.8, 4) is 0 Å². The Hall–Kier alpha value is -2.49. The van der Waals surface area contributed by atoms with Crippen LogP contribution in [0.5, 0.6) is 0 Å². The Morgan fingerprint density at radius 3 is 2.55 bits per heavy atom. The van der Waals surface area contributed by atoms with Crippen LogP contribution in [0.1, 0.15) is 36.9 Å². The third-order valence-corrected chi connectivity index (χ3v) is 8.42. The molecule has 1 unspecified atom stereocenters. The van der Waals surface area contributed by atoms with Gasteiger partial charge in [-0.15, -0.1) is 11.3 Å². The molecule has 0 amide bonds. The van der Waals surface area contributed by atoms with Crippen molar-refractivity contribution in [2.24, 2.45) is 0 Å². The third kappa shape index (κ3) is 5.20. The Balaban J connectivity index is 1.46. The molecule has 1 atom stereocenters. The molecule has 1 saturated heterocycles. The summed E-state index contributed by atoms with van der Waals surface area (Å²) >= 11 is 1.26. The summed E-state index contributed by atoms with van der Waals surface area (Å²) in [5.74, 6) is -0.574. The van der Waals surface area contributed by atoms with E-state index >= 15 is 0 Å². The van der Waals surface area contributed by atoms with Crippen molar-refractivity contribution in [2.45, 2.75) is 43.7 Å². The summed E-state index contributed by atoms with van der Waals surface area (Å²) < 4.78 is 42.6. The number of hydrogen-bond donors (Lipinski definition) is 1. The van der Waals surface area contributed by atoms with E-state index in [1.807, 2.05) is 20.0 Å². The fraction of sp³-hybridized carbons (Fsp3) is 0.375. The van der Waals surface area contributed by atoms with Gasteiger partial charge in [0, 0.05) is 43.3 Å². The highest BCUT2D eigenvalue weighted by atomic mass is 32.2. The number of aryl methyl sites for hydroxylation is 1. The fourth-order valence-electron chi connectivity index (χ4n) is 4.49. The van der Waals surface area contributed by atoms with Crippen molar-refractivity contribution in [3.63, 3.8) is 0 Å². The Labute approximate surface area is 199 Å². The van der Waals surface area contributed by atoms with Crippen LogP contribution in [0, 0.1) is 12.7 Å². The minimum atomic E-state index is -4.05. The minimum absolute atomic E-state index is 0.190. The summed E-state index contributed by atoms with van der Waals surface area (Å²) in [5, 5.41) is 1.56. The van der Waals surface area contributed by atoms with E-state index in [0.717, 1.165) is 37.2 Å². The quantitative estimate of drug-likeness (QED) is 0.504. The lowest BCUT2D eigenvalue weighted by molar-refractivity contribution is 0.162. The van der Waals surface area contributed by atoms with Crippen LogP contribution in [0.15, 0.2) is 58.3 Å². The minimum Gasteiger partial charge on any atom is -0.371 e. The lowest BCUT2D eigenvalue weighted by Gasteiger charge is -2.40. The molecule has 0 aliphatic carbocycles. The number of likely N-dealkylation sites (tertiary alicyclic amines) is 1. The van der Waals surface area contributed by atoms with Crippen LogP contribution in [0.2, 0.25) is 0 Å². The lowest BCUT2D eigenvalue weighted by Crippen LogP contribution is -2.44. The van der Waals surface area contributed by atoms with Crippen molar-refractivity contribution < 1.29 is 12.8 Å². The van der Waals surface area contributed by atoms with E-state index in [4.69, 9.17) is 0 Å². The zero-order chi connectivity index (χ0) is 23.6. The number of nitrogens with one attached hydrogen (secondary N) is 1. The first-order valence-corrected chi connectivity index (χ1v) is 13.4. The summed E-state index contributed by atoms with van der Waals surface area (Å²) in [7, 11) is -2.09. The first-order chi connectivity index (χ1) is 15.8. The number of anilines is 2. The summed E-state index contributed by atoms with van der Waals surface area (Å²) in [6.07, 6.45) is 1.92. The van der Waals surface area contributed by atoms with Crippen molar-refractivity contribution >= 4 is 32.9 Å². The van der Waals surface area contributed by atoms with Gasteiger partial charge in [-0.2, -0.15) is 0 Å². The maximum Gasteiger partial charge on any atom is 0.266 e. The largest absolute Gasteiger partial charge is 0.371 e. The molecule has 4 rings (SSSR count). The SMILES string of the molecule is Cc1cc(S(=O)(=O)Nc2cscn2)c(F)cc1N(C)C1CCN(C(C)c2ccccc2)CC1. The average Bonchev–Trinajstić information content (AvgIpc) is 3.32. The number of hydrogen-bond acceptors (Lipinski definition) is 6. The fourth-order valence-corrected chi connectivity index (χ4v) is 6.19. The molecular formula is C24H29FN4O2S2. The van der Waals surface area contributed by atoms with E-state index in [2.05, 4.69) is 50.7 Å². The molecule has 6 nitrogen and oxygen atoms in total. The maximum atomic E-state index is 15.0. The van der Waals surface area contributed by atoms with Crippen molar-refractivity contribution in [1.82, 2.24) is 9.88 Å². The second kappa shape index (κ2) is 9.79. The highest BCUT2D eigenvalue weighted by Gasteiger charge is 2.28. The predicted octanol–water partition coefficient (Wildman–Crippen LogP) is 5.05. The smallest absolute Gasteiger partial charge is 0.266 e. The highest BCUT2D eigenvalue weighted by Crippen LogP contribution is 2.32. The molecule has 176 valence electrons. The zero-order valence-electron chi connectivity index (χ0n) is 19.0. The first-order valence-electron chi connectivity index (χ1n) is 11.0. The number of aromatic nitrogens is 1. The number of sulfonamides is 1. The van der Waals surface area contributed by atoms with E-state index in [1.54, 1.807) is 5.38 Å². The van der Waals surface area contributed by atoms with Gasteiger partial charge in [-0.1, -0.05) is 30.3 Å². The van der Waals surface area contributed by atoms with E-state index in [-0.39, 0.29) is 16.8 Å². The zero-order valence-corrected chi connectivity index (χ0v) is 20.7. The molecule has 3 aromatic rings.